The van der Waals surface area contributed by atoms with Crippen molar-refractivity contribution >= 4 is 0 Å². The largest absolute Gasteiger partial charge is 0.390 e. The van der Waals surface area contributed by atoms with E-state index in [-0.39, 0.29) is 17.6 Å². The molecule has 88 valence electrons. The third-order valence-corrected chi connectivity index (χ3v) is 4.25. The van der Waals surface area contributed by atoms with Gasteiger partial charge in [-0.05, 0) is 37.0 Å². The van der Waals surface area contributed by atoms with Gasteiger partial charge >= 0.3 is 0 Å². The number of hydrogen-bond donors (Lipinski definition) is 1. The van der Waals surface area contributed by atoms with Crippen molar-refractivity contribution < 1.29 is 9.84 Å². The normalized spacial score (nSPS) is 36.2. The molecule has 0 amide bonds. The predicted molar refractivity (Wildman–Crippen MR) is 60.7 cm³/mol. The lowest BCUT2D eigenvalue weighted by Crippen LogP contribution is -2.33. The second-order valence-electron chi connectivity index (χ2n) is 5.99. The minimum absolute atomic E-state index is 0.0559. The van der Waals surface area contributed by atoms with Crippen LogP contribution in [-0.2, 0) is 4.74 Å². The Balaban J connectivity index is 1.75. The first-order valence-corrected chi connectivity index (χ1v) is 6.39. The van der Waals surface area contributed by atoms with Crippen LogP contribution < -0.4 is 0 Å². The lowest BCUT2D eigenvalue weighted by atomic mass is 9.89. The molecule has 2 unspecified atom stereocenters. The molecule has 0 radical (unpaired) electrons. The van der Waals surface area contributed by atoms with E-state index in [1.807, 2.05) is 0 Å². The molecule has 0 saturated heterocycles. The lowest BCUT2D eigenvalue weighted by Gasteiger charge is -2.26. The van der Waals surface area contributed by atoms with Crippen molar-refractivity contribution in [3.63, 3.8) is 0 Å². The van der Waals surface area contributed by atoms with Gasteiger partial charge < -0.3 is 9.84 Å². The molecule has 2 heteroatoms. The maximum atomic E-state index is 10.1. The molecule has 0 spiro atoms. The summed E-state index contributed by atoms with van der Waals surface area (Å²) in [5, 5.41) is 10.1. The molecule has 2 aliphatic rings. The summed E-state index contributed by atoms with van der Waals surface area (Å²) in [5.74, 6) is 0.765. The Morgan fingerprint density at radius 1 is 1.20 bits per heavy atom. The standard InChI is InChI=1S/C13H24O2/c1-13(2)8-7-11(12(13)14)15-9-10-5-3-4-6-10/h10-12,14H,3-9H2,1-2H3. The summed E-state index contributed by atoms with van der Waals surface area (Å²) in [4.78, 5) is 0. The van der Waals surface area contributed by atoms with E-state index in [1.54, 1.807) is 0 Å². The Bertz CT molecular complexity index is 207. The van der Waals surface area contributed by atoms with Gasteiger partial charge in [-0.2, -0.15) is 0 Å². The average molecular weight is 212 g/mol. The van der Waals surface area contributed by atoms with Crippen LogP contribution in [0.25, 0.3) is 0 Å². The number of aliphatic hydroxyl groups is 1. The Morgan fingerprint density at radius 2 is 1.87 bits per heavy atom. The SMILES string of the molecule is CC1(C)CCC(OCC2CCCC2)C1O. The highest BCUT2D eigenvalue weighted by molar-refractivity contribution is 4.92. The summed E-state index contributed by atoms with van der Waals surface area (Å²) in [5.41, 5.74) is 0.0559. The van der Waals surface area contributed by atoms with Crippen molar-refractivity contribution in [2.75, 3.05) is 6.61 Å². The van der Waals surface area contributed by atoms with E-state index in [2.05, 4.69) is 13.8 Å². The quantitative estimate of drug-likeness (QED) is 0.779. The predicted octanol–water partition coefficient (Wildman–Crippen LogP) is 2.74. The maximum Gasteiger partial charge on any atom is 0.0852 e. The first-order chi connectivity index (χ1) is 7.09. The molecule has 0 aromatic rings. The summed E-state index contributed by atoms with van der Waals surface area (Å²) in [7, 11) is 0. The zero-order valence-electron chi connectivity index (χ0n) is 10.0. The van der Waals surface area contributed by atoms with Gasteiger partial charge in [0.05, 0.1) is 12.2 Å². The molecule has 1 N–H and O–H groups in total. The molecular formula is C13H24O2. The number of aliphatic hydroxyl groups excluding tert-OH is 1. The van der Waals surface area contributed by atoms with Gasteiger partial charge in [0.15, 0.2) is 0 Å². The number of ether oxygens (including phenoxy) is 1. The molecule has 0 heterocycles. The minimum atomic E-state index is -0.265. The van der Waals surface area contributed by atoms with Crippen molar-refractivity contribution in [3.05, 3.63) is 0 Å². The fourth-order valence-corrected chi connectivity index (χ4v) is 2.93. The highest BCUT2D eigenvalue weighted by Crippen LogP contribution is 2.39. The maximum absolute atomic E-state index is 10.1. The van der Waals surface area contributed by atoms with Crippen LogP contribution in [-0.4, -0.2) is 23.9 Å². The molecule has 2 nitrogen and oxygen atoms in total. The zero-order chi connectivity index (χ0) is 10.9. The highest BCUT2D eigenvalue weighted by atomic mass is 16.5. The van der Waals surface area contributed by atoms with Crippen molar-refractivity contribution in [1.82, 2.24) is 0 Å². The first-order valence-electron chi connectivity index (χ1n) is 6.39. The van der Waals surface area contributed by atoms with E-state index in [0.29, 0.717) is 0 Å². The molecule has 0 bridgehead atoms. The van der Waals surface area contributed by atoms with Crippen LogP contribution in [0, 0.1) is 11.3 Å². The van der Waals surface area contributed by atoms with Crippen LogP contribution in [0.1, 0.15) is 52.4 Å². The average Bonchev–Trinajstić information content (AvgIpc) is 2.76. The fraction of sp³-hybridized carbons (Fsp3) is 1.00. The Kier molecular flexibility index (Phi) is 3.36. The zero-order valence-corrected chi connectivity index (χ0v) is 10.0. The summed E-state index contributed by atoms with van der Waals surface area (Å²) < 4.78 is 5.88. The lowest BCUT2D eigenvalue weighted by molar-refractivity contribution is -0.0588. The monoisotopic (exact) mass is 212 g/mol. The second-order valence-corrected chi connectivity index (χ2v) is 5.99. The van der Waals surface area contributed by atoms with Gasteiger partial charge in [0.25, 0.3) is 0 Å². The molecule has 2 aliphatic carbocycles. The Labute approximate surface area is 93.0 Å². The summed E-state index contributed by atoms with van der Waals surface area (Å²) in [6.07, 6.45) is 7.34. The van der Waals surface area contributed by atoms with Crippen LogP contribution in [0.5, 0.6) is 0 Å². The molecule has 15 heavy (non-hydrogen) atoms. The number of hydrogen-bond acceptors (Lipinski definition) is 2. The van der Waals surface area contributed by atoms with Gasteiger partial charge in [0.2, 0.25) is 0 Å². The molecule has 2 saturated carbocycles. The summed E-state index contributed by atoms with van der Waals surface area (Å²) in [6, 6.07) is 0. The first kappa shape index (κ1) is 11.4. The number of rotatable bonds is 3. The van der Waals surface area contributed by atoms with Crippen molar-refractivity contribution in [2.24, 2.45) is 11.3 Å². The van der Waals surface area contributed by atoms with Crippen molar-refractivity contribution in [2.45, 2.75) is 64.6 Å². The van der Waals surface area contributed by atoms with Crippen LogP contribution in [0.4, 0.5) is 0 Å². The minimum Gasteiger partial charge on any atom is -0.390 e. The molecule has 2 fully saturated rings. The van der Waals surface area contributed by atoms with E-state index in [9.17, 15) is 5.11 Å². The molecule has 2 rings (SSSR count). The van der Waals surface area contributed by atoms with E-state index in [0.717, 1.165) is 25.4 Å². The topological polar surface area (TPSA) is 29.5 Å². The Morgan fingerprint density at radius 3 is 2.40 bits per heavy atom. The van der Waals surface area contributed by atoms with Gasteiger partial charge in [-0.1, -0.05) is 26.7 Å². The van der Waals surface area contributed by atoms with Crippen LogP contribution in [0.2, 0.25) is 0 Å². The van der Waals surface area contributed by atoms with Gasteiger partial charge in [0, 0.05) is 6.61 Å². The van der Waals surface area contributed by atoms with Gasteiger partial charge in [-0.3, -0.25) is 0 Å². The van der Waals surface area contributed by atoms with Crippen molar-refractivity contribution in [1.29, 1.82) is 0 Å². The van der Waals surface area contributed by atoms with E-state index in [4.69, 9.17) is 4.74 Å². The van der Waals surface area contributed by atoms with E-state index in [1.165, 1.54) is 25.7 Å². The molecule has 0 aromatic carbocycles. The van der Waals surface area contributed by atoms with Gasteiger partial charge in [-0.25, -0.2) is 0 Å². The smallest absolute Gasteiger partial charge is 0.0852 e. The van der Waals surface area contributed by atoms with Crippen LogP contribution in [0.15, 0.2) is 0 Å². The van der Waals surface area contributed by atoms with Crippen LogP contribution >= 0.6 is 0 Å². The van der Waals surface area contributed by atoms with Gasteiger partial charge in [0.1, 0.15) is 0 Å². The van der Waals surface area contributed by atoms with Crippen LogP contribution in [0.3, 0.4) is 0 Å². The highest BCUT2D eigenvalue weighted by Gasteiger charge is 2.41. The Hall–Kier alpha value is -0.0800. The second kappa shape index (κ2) is 4.42. The molecule has 2 atom stereocenters. The van der Waals surface area contributed by atoms with E-state index < -0.39 is 0 Å². The summed E-state index contributed by atoms with van der Waals surface area (Å²) in [6.45, 7) is 5.14. The summed E-state index contributed by atoms with van der Waals surface area (Å²) >= 11 is 0. The third-order valence-electron chi connectivity index (χ3n) is 4.25. The molecular weight excluding hydrogens is 188 g/mol. The van der Waals surface area contributed by atoms with Crippen molar-refractivity contribution in [3.8, 4) is 0 Å². The van der Waals surface area contributed by atoms with Gasteiger partial charge in [-0.15, -0.1) is 0 Å². The molecule has 0 aliphatic heterocycles. The third kappa shape index (κ3) is 2.54. The fourth-order valence-electron chi connectivity index (χ4n) is 2.93. The molecule has 0 aromatic heterocycles. The van der Waals surface area contributed by atoms with E-state index >= 15 is 0 Å².